The Labute approximate surface area is 112 Å². The van der Waals surface area contributed by atoms with Crippen molar-refractivity contribution in [2.24, 2.45) is 5.92 Å². The topological polar surface area (TPSA) is 27.7 Å². The van der Waals surface area contributed by atoms with E-state index in [0.717, 1.165) is 32.2 Å². The highest BCUT2D eigenvalue weighted by Crippen LogP contribution is 2.18. The van der Waals surface area contributed by atoms with Crippen LogP contribution in [0.5, 0.6) is 0 Å². The average Bonchev–Trinajstić information content (AvgIpc) is 2.38. The van der Waals surface area contributed by atoms with Crippen molar-refractivity contribution in [2.75, 3.05) is 60.0 Å². The smallest absolute Gasteiger partial charge is 0.0826 e. The molecule has 2 atom stereocenters. The first-order chi connectivity index (χ1) is 8.74. The molecule has 4 nitrogen and oxygen atoms in total. The average molecular weight is 255 g/mol. The largest absolute Gasteiger partial charge is 0.374 e. The van der Waals surface area contributed by atoms with Gasteiger partial charge in [-0.2, -0.15) is 0 Å². The quantitative estimate of drug-likeness (QED) is 0.780. The van der Waals surface area contributed by atoms with Gasteiger partial charge in [0.25, 0.3) is 0 Å². The molecule has 2 unspecified atom stereocenters. The Bertz CT molecular complexity index is 231. The summed E-state index contributed by atoms with van der Waals surface area (Å²) in [5.74, 6) is 0.900. The molecular weight excluding hydrogens is 226 g/mol. The van der Waals surface area contributed by atoms with Crippen molar-refractivity contribution in [3.8, 4) is 0 Å². The maximum absolute atomic E-state index is 5.75. The Kier molecular flexibility index (Phi) is 5.89. The molecule has 4 heteroatoms. The molecule has 2 fully saturated rings. The Morgan fingerprint density at radius 3 is 3.06 bits per heavy atom. The monoisotopic (exact) mass is 255 g/mol. The maximum Gasteiger partial charge on any atom is 0.0826 e. The van der Waals surface area contributed by atoms with Crippen LogP contribution in [-0.4, -0.2) is 75.9 Å². The van der Waals surface area contributed by atoms with E-state index in [1.54, 1.807) is 0 Å². The Hall–Kier alpha value is -0.160. The highest BCUT2D eigenvalue weighted by Gasteiger charge is 2.19. The zero-order valence-corrected chi connectivity index (χ0v) is 12.0. The molecule has 2 rings (SSSR count). The summed E-state index contributed by atoms with van der Waals surface area (Å²) in [5, 5.41) is 3.39. The number of hydrogen-bond acceptors (Lipinski definition) is 4. The van der Waals surface area contributed by atoms with E-state index >= 15 is 0 Å². The van der Waals surface area contributed by atoms with E-state index in [1.165, 1.54) is 38.9 Å². The van der Waals surface area contributed by atoms with Gasteiger partial charge < -0.3 is 19.9 Å². The molecular formula is C14H29N3O. The first-order valence-electron chi connectivity index (χ1n) is 7.43. The van der Waals surface area contributed by atoms with Crippen LogP contribution in [0.4, 0.5) is 0 Å². The van der Waals surface area contributed by atoms with Gasteiger partial charge in [0, 0.05) is 26.2 Å². The lowest BCUT2D eigenvalue weighted by Gasteiger charge is -2.32. The third kappa shape index (κ3) is 4.84. The molecule has 0 radical (unpaired) electrons. The van der Waals surface area contributed by atoms with Gasteiger partial charge in [0.15, 0.2) is 0 Å². The van der Waals surface area contributed by atoms with Crippen molar-refractivity contribution in [2.45, 2.75) is 25.4 Å². The predicted octanol–water partition coefficient (Wildman–Crippen LogP) is 0.639. The second-order valence-electron chi connectivity index (χ2n) is 6.02. The fourth-order valence-corrected chi connectivity index (χ4v) is 3.09. The number of nitrogens with zero attached hydrogens (tertiary/aromatic N) is 2. The van der Waals surface area contributed by atoms with E-state index < -0.39 is 0 Å². The zero-order valence-electron chi connectivity index (χ0n) is 12.0. The molecule has 18 heavy (non-hydrogen) atoms. The van der Waals surface area contributed by atoms with Crippen molar-refractivity contribution in [3.63, 3.8) is 0 Å². The summed E-state index contributed by atoms with van der Waals surface area (Å²) < 4.78 is 5.75. The third-order valence-corrected chi connectivity index (χ3v) is 4.16. The van der Waals surface area contributed by atoms with Gasteiger partial charge in [0.1, 0.15) is 0 Å². The Balaban J connectivity index is 1.60. The molecule has 0 aliphatic carbocycles. The second-order valence-corrected chi connectivity index (χ2v) is 6.02. The van der Waals surface area contributed by atoms with Crippen LogP contribution in [-0.2, 0) is 4.74 Å². The standard InChI is InChI=1S/C14H29N3O/c1-16-7-3-4-13(11-16)5-8-17(2)12-14-10-15-6-9-18-14/h13-15H,3-12H2,1-2H3. The van der Waals surface area contributed by atoms with E-state index in [2.05, 4.69) is 29.2 Å². The maximum atomic E-state index is 5.75. The van der Waals surface area contributed by atoms with E-state index in [9.17, 15) is 0 Å². The molecule has 2 aliphatic heterocycles. The number of rotatable bonds is 5. The summed E-state index contributed by atoms with van der Waals surface area (Å²) in [6.07, 6.45) is 4.51. The number of nitrogens with one attached hydrogen (secondary N) is 1. The molecule has 2 aliphatic rings. The lowest BCUT2D eigenvalue weighted by Crippen LogP contribution is -2.45. The number of piperidine rings is 1. The van der Waals surface area contributed by atoms with Crippen molar-refractivity contribution in [3.05, 3.63) is 0 Å². The first kappa shape index (κ1) is 14.3. The number of likely N-dealkylation sites (tertiary alicyclic amines) is 1. The SMILES string of the molecule is CN1CCCC(CCN(C)CC2CNCCO2)C1. The van der Waals surface area contributed by atoms with Crippen molar-refractivity contribution < 1.29 is 4.74 Å². The van der Waals surface area contributed by atoms with Gasteiger partial charge in [-0.05, 0) is 52.4 Å². The fourth-order valence-electron chi connectivity index (χ4n) is 3.09. The van der Waals surface area contributed by atoms with E-state index in [0.29, 0.717) is 6.10 Å². The Morgan fingerprint density at radius 2 is 2.33 bits per heavy atom. The van der Waals surface area contributed by atoms with Gasteiger partial charge in [-0.25, -0.2) is 0 Å². The predicted molar refractivity (Wildman–Crippen MR) is 74.9 cm³/mol. The molecule has 0 bridgehead atoms. The van der Waals surface area contributed by atoms with Crippen molar-refractivity contribution in [1.82, 2.24) is 15.1 Å². The number of likely N-dealkylation sites (N-methyl/N-ethyl adjacent to an activating group) is 1. The van der Waals surface area contributed by atoms with Crippen LogP contribution in [0.1, 0.15) is 19.3 Å². The highest BCUT2D eigenvalue weighted by molar-refractivity contribution is 4.74. The van der Waals surface area contributed by atoms with Gasteiger partial charge in [0.05, 0.1) is 12.7 Å². The lowest BCUT2D eigenvalue weighted by atomic mass is 9.95. The Morgan fingerprint density at radius 1 is 1.44 bits per heavy atom. The summed E-state index contributed by atoms with van der Waals surface area (Å²) in [4.78, 5) is 4.91. The summed E-state index contributed by atoms with van der Waals surface area (Å²) in [5.41, 5.74) is 0. The van der Waals surface area contributed by atoms with Crippen molar-refractivity contribution in [1.29, 1.82) is 0 Å². The number of ether oxygens (including phenoxy) is 1. The minimum Gasteiger partial charge on any atom is -0.374 e. The van der Waals surface area contributed by atoms with Crippen LogP contribution >= 0.6 is 0 Å². The molecule has 0 aromatic carbocycles. The van der Waals surface area contributed by atoms with Crippen LogP contribution in [0.2, 0.25) is 0 Å². The van der Waals surface area contributed by atoms with Crippen LogP contribution in [0.15, 0.2) is 0 Å². The minimum atomic E-state index is 0.387. The molecule has 0 saturated carbocycles. The lowest BCUT2D eigenvalue weighted by molar-refractivity contribution is 0.00887. The molecule has 0 amide bonds. The van der Waals surface area contributed by atoms with Gasteiger partial charge in [-0.3, -0.25) is 0 Å². The molecule has 0 aromatic heterocycles. The molecule has 2 heterocycles. The van der Waals surface area contributed by atoms with Gasteiger partial charge in [-0.15, -0.1) is 0 Å². The van der Waals surface area contributed by atoms with Crippen molar-refractivity contribution >= 4 is 0 Å². The summed E-state index contributed by atoms with van der Waals surface area (Å²) in [7, 11) is 4.47. The summed E-state index contributed by atoms with van der Waals surface area (Å²) in [6.45, 7) is 7.73. The number of morpholine rings is 1. The number of hydrogen-bond donors (Lipinski definition) is 1. The normalized spacial score (nSPS) is 30.8. The molecule has 2 saturated heterocycles. The van der Waals surface area contributed by atoms with Gasteiger partial charge in [0.2, 0.25) is 0 Å². The van der Waals surface area contributed by atoms with Crippen LogP contribution in [0, 0.1) is 5.92 Å². The molecule has 1 N–H and O–H groups in total. The third-order valence-electron chi connectivity index (χ3n) is 4.16. The van der Waals surface area contributed by atoms with E-state index in [-0.39, 0.29) is 0 Å². The van der Waals surface area contributed by atoms with Gasteiger partial charge >= 0.3 is 0 Å². The molecule has 106 valence electrons. The molecule has 0 spiro atoms. The van der Waals surface area contributed by atoms with Gasteiger partial charge in [-0.1, -0.05) is 0 Å². The second kappa shape index (κ2) is 7.43. The van der Waals surface area contributed by atoms with Crippen LogP contribution in [0.3, 0.4) is 0 Å². The highest BCUT2D eigenvalue weighted by atomic mass is 16.5. The van der Waals surface area contributed by atoms with Crippen LogP contribution < -0.4 is 5.32 Å². The first-order valence-corrected chi connectivity index (χ1v) is 7.43. The minimum absolute atomic E-state index is 0.387. The zero-order chi connectivity index (χ0) is 12.8. The van der Waals surface area contributed by atoms with Crippen LogP contribution in [0.25, 0.3) is 0 Å². The summed E-state index contributed by atoms with van der Waals surface area (Å²) >= 11 is 0. The van der Waals surface area contributed by atoms with E-state index in [4.69, 9.17) is 4.74 Å². The fraction of sp³-hybridized carbons (Fsp3) is 1.00. The van der Waals surface area contributed by atoms with E-state index in [1.807, 2.05) is 0 Å². The molecule has 0 aromatic rings. The summed E-state index contributed by atoms with van der Waals surface area (Å²) in [6, 6.07) is 0.